The Morgan fingerprint density at radius 2 is 2.11 bits per heavy atom. The van der Waals surface area contributed by atoms with E-state index in [1.807, 2.05) is 30.3 Å². The van der Waals surface area contributed by atoms with Crippen LogP contribution in [0.2, 0.25) is 0 Å². The molecule has 2 atom stereocenters. The lowest BCUT2D eigenvalue weighted by molar-refractivity contribution is -0.138. The molecule has 0 bridgehead atoms. The second-order valence-corrected chi connectivity index (χ2v) is 4.91. The molecule has 1 amide bonds. The van der Waals surface area contributed by atoms with Crippen LogP contribution < -0.4 is 0 Å². The summed E-state index contributed by atoms with van der Waals surface area (Å²) in [5.41, 5.74) is -0.472. The van der Waals surface area contributed by atoms with Crippen molar-refractivity contribution >= 4 is 12.2 Å². The van der Waals surface area contributed by atoms with Crippen molar-refractivity contribution in [3.05, 3.63) is 35.9 Å². The Morgan fingerprint density at radius 1 is 1.44 bits per heavy atom. The average Bonchev–Trinajstić information content (AvgIpc) is 2.73. The number of amides is 1. The van der Waals surface area contributed by atoms with Gasteiger partial charge in [-0.3, -0.25) is 4.79 Å². The predicted octanol–water partition coefficient (Wildman–Crippen LogP) is 1.13. The van der Waals surface area contributed by atoms with Crippen LogP contribution in [-0.2, 0) is 16.1 Å². The van der Waals surface area contributed by atoms with Gasteiger partial charge in [-0.2, -0.15) is 0 Å². The molecule has 0 unspecified atom stereocenters. The van der Waals surface area contributed by atoms with Crippen molar-refractivity contribution in [3.63, 3.8) is 0 Å². The summed E-state index contributed by atoms with van der Waals surface area (Å²) >= 11 is 0. The van der Waals surface area contributed by atoms with Crippen LogP contribution in [0.25, 0.3) is 0 Å². The molecule has 1 aliphatic heterocycles. The monoisotopic (exact) mass is 247 g/mol. The maximum Gasteiger partial charge on any atom is 0.223 e. The molecule has 4 nitrogen and oxygen atoms in total. The van der Waals surface area contributed by atoms with Crippen molar-refractivity contribution in [3.8, 4) is 0 Å². The highest BCUT2D eigenvalue weighted by molar-refractivity contribution is 5.80. The first-order valence-corrected chi connectivity index (χ1v) is 6.06. The number of nitrogens with zero attached hydrogens (tertiary/aromatic N) is 1. The summed E-state index contributed by atoms with van der Waals surface area (Å²) in [5.74, 6) is -0.00835. The number of hydrogen-bond donors (Lipinski definition) is 1. The standard InChI is InChI=1S/C14H17NO3/c1-14(18,10-16)12-7-8-13(17)15(12)9-11-5-3-2-4-6-11/h2-6,10,12,18H,7-9H2,1H3/t12-,14+/m0/s1. The van der Waals surface area contributed by atoms with Gasteiger partial charge < -0.3 is 14.8 Å². The molecule has 18 heavy (non-hydrogen) atoms. The third-order valence-corrected chi connectivity index (χ3v) is 3.44. The molecule has 1 fully saturated rings. The van der Waals surface area contributed by atoms with E-state index in [0.717, 1.165) is 5.56 Å². The third-order valence-electron chi connectivity index (χ3n) is 3.44. The minimum absolute atomic E-state index is 0.00835. The first kappa shape index (κ1) is 12.8. The molecular formula is C14H17NO3. The van der Waals surface area contributed by atoms with Crippen LogP contribution in [0.15, 0.2) is 30.3 Å². The molecule has 2 rings (SSSR count). The third kappa shape index (κ3) is 2.43. The van der Waals surface area contributed by atoms with Crippen LogP contribution in [0.1, 0.15) is 25.3 Å². The highest BCUT2D eigenvalue weighted by atomic mass is 16.3. The Labute approximate surface area is 106 Å². The van der Waals surface area contributed by atoms with Gasteiger partial charge in [0.15, 0.2) is 6.29 Å². The molecule has 1 aromatic rings. The summed E-state index contributed by atoms with van der Waals surface area (Å²) in [6.07, 6.45) is 1.44. The summed E-state index contributed by atoms with van der Waals surface area (Å²) in [7, 11) is 0. The Bertz CT molecular complexity index is 442. The zero-order valence-corrected chi connectivity index (χ0v) is 10.4. The molecule has 1 saturated heterocycles. The fourth-order valence-electron chi connectivity index (χ4n) is 2.40. The second kappa shape index (κ2) is 4.90. The van der Waals surface area contributed by atoms with Gasteiger partial charge in [-0.15, -0.1) is 0 Å². The molecule has 0 spiro atoms. The number of aldehydes is 1. The van der Waals surface area contributed by atoms with Gasteiger partial charge in [0.1, 0.15) is 5.60 Å². The van der Waals surface area contributed by atoms with Gasteiger partial charge in [0.25, 0.3) is 0 Å². The second-order valence-electron chi connectivity index (χ2n) is 4.91. The van der Waals surface area contributed by atoms with Crippen LogP contribution in [0.3, 0.4) is 0 Å². The summed E-state index contributed by atoms with van der Waals surface area (Å²) in [6, 6.07) is 9.15. The van der Waals surface area contributed by atoms with Crippen molar-refractivity contribution in [1.82, 2.24) is 4.90 Å². The van der Waals surface area contributed by atoms with Crippen molar-refractivity contribution in [2.75, 3.05) is 0 Å². The van der Waals surface area contributed by atoms with Crippen molar-refractivity contribution in [2.24, 2.45) is 0 Å². The number of hydrogen-bond acceptors (Lipinski definition) is 3. The number of aliphatic hydroxyl groups is 1. The number of carbonyl (C=O) groups is 2. The van der Waals surface area contributed by atoms with E-state index < -0.39 is 11.6 Å². The molecule has 0 saturated carbocycles. The predicted molar refractivity (Wildman–Crippen MR) is 66.7 cm³/mol. The van der Waals surface area contributed by atoms with Gasteiger partial charge in [0, 0.05) is 13.0 Å². The first-order chi connectivity index (χ1) is 8.54. The van der Waals surface area contributed by atoms with E-state index >= 15 is 0 Å². The van der Waals surface area contributed by atoms with E-state index in [9.17, 15) is 14.7 Å². The highest BCUT2D eigenvalue weighted by Gasteiger charge is 2.42. The smallest absolute Gasteiger partial charge is 0.223 e. The fraction of sp³-hybridized carbons (Fsp3) is 0.429. The number of likely N-dealkylation sites (tertiary alicyclic amines) is 1. The van der Waals surface area contributed by atoms with Crippen LogP contribution in [0.5, 0.6) is 0 Å². The number of rotatable bonds is 4. The molecule has 0 radical (unpaired) electrons. The first-order valence-electron chi connectivity index (χ1n) is 6.06. The van der Waals surface area contributed by atoms with Crippen LogP contribution in [0, 0.1) is 0 Å². The number of benzene rings is 1. The van der Waals surface area contributed by atoms with E-state index in [2.05, 4.69) is 0 Å². The molecule has 1 aliphatic rings. The molecule has 0 aromatic heterocycles. The Hall–Kier alpha value is -1.68. The highest BCUT2D eigenvalue weighted by Crippen LogP contribution is 2.28. The topological polar surface area (TPSA) is 57.6 Å². The minimum atomic E-state index is -1.47. The molecule has 1 aromatic carbocycles. The Kier molecular flexibility index (Phi) is 3.48. The summed E-state index contributed by atoms with van der Waals surface area (Å²) < 4.78 is 0. The maximum absolute atomic E-state index is 11.9. The van der Waals surface area contributed by atoms with Crippen molar-refractivity contribution < 1.29 is 14.7 Å². The fourth-order valence-corrected chi connectivity index (χ4v) is 2.40. The van der Waals surface area contributed by atoms with Gasteiger partial charge in [-0.05, 0) is 18.9 Å². The van der Waals surface area contributed by atoms with E-state index in [-0.39, 0.29) is 5.91 Å². The van der Waals surface area contributed by atoms with Crippen LogP contribution in [0.4, 0.5) is 0 Å². The van der Waals surface area contributed by atoms with Gasteiger partial charge in [0.05, 0.1) is 6.04 Å². The number of carbonyl (C=O) groups excluding carboxylic acids is 2. The van der Waals surface area contributed by atoms with Gasteiger partial charge >= 0.3 is 0 Å². The summed E-state index contributed by atoms with van der Waals surface area (Å²) in [5, 5.41) is 10.0. The van der Waals surface area contributed by atoms with Crippen LogP contribution in [-0.4, -0.2) is 33.8 Å². The van der Waals surface area contributed by atoms with E-state index in [0.29, 0.717) is 25.7 Å². The molecule has 4 heteroatoms. The lowest BCUT2D eigenvalue weighted by atomic mass is 9.96. The minimum Gasteiger partial charge on any atom is -0.381 e. The Morgan fingerprint density at radius 3 is 2.72 bits per heavy atom. The van der Waals surface area contributed by atoms with Gasteiger partial charge in [-0.25, -0.2) is 0 Å². The zero-order chi connectivity index (χ0) is 13.2. The van der Waals surface area contributed by atoms with Crippen molar-refractivity contribution in [1.29, 1.82) is 0 Å². The van der Waals surface area contributed by atoms with Gasteiger partial charge in [0.2, 0.25) is 5.91 Å². The van der Waals surface area contributed by atoms with Crippen LogP contribution >= 0.6 is 0 Å². The Balaban J connectivity index is 2.18. The average molecular weight is 247 g/mol. The van der Waals surface area contributed by atoms with E-state index in [1.54, 1.807) is 4.90 Å². The quantitative estimate of drug-likeness (QED) is 0.811. The zero-order valence-electron chi connectivity index (χ0n) is 10.4. The summed E-state index contributed by atoms with van der Waals surface area (Å²) in [6.45, 7) is 1.90. The normalized spacial score (nSPS) is 22.9. The largest absolute Gasteiger partial charge is 0.381 e. The molecule has 96 valence electrons. The lowest BCUT2D eigenvalue weighted by Crippen LogP contribution is -2.49. The maximum atomic E-state index is 11.9. The van der Waals surface area contributed by atoms with E-state index in [4.69, 9.17) is 0 Å². The van der Waals surface area contributed by atoms with E-state index in [1.165, 1.54) is 6.92 Å². The molecule has 1 N–H and O–H groups in total. The SMILES string of the molecule is C[C@@](O)(C=O)[C@@H]1CCC(=O)N1Cc1ccccc1. The van der Waals surface area contributed by atoms with Crippen molar-refractivity contribution in [2.45, 2.75) is 38.0 Å². The molecule has 1 heterocycles. The molecular weight excluding hydrogens is 230 g/mol. The van der Waals surface area contributed by atoms with Gasteiger partial charge in [-0.1, -0.05) is 30.3 Å². The molecule has 0 aliphatic carbocycles. The lowest BCUT2D eigenvalue weighted by Gasteiger charge is -2.32. The summed E-state index contributed by atoms with van der Waals surface area (Å²) in [4.78, 5) is 24.4.